The second kappa shape index (κ2) is 6.55. The van der Waals surface area contributed by atoms with E-state index in [0.29, 0.717) is 7.14 Å². The number of nitrogens with one attached hydrogen (secondary N) is 1. The fraction of sp³-hybridized carbons (Fsp3) is 0.273. The Kier molecular flexibility index (Phi) is 5.63. The average Bonchev–Trinajstić information content (AvgIpc) is 2.24. The van der Waals surface area contributed by atoms with Gasteiger partial charge in [-0.25, -0.2) is 4.79 Å². The van der Waals surface area contributed by atoms with Gasteiger partial charge in [0.1, 0.15) is 11.8 Å². The summed E-state index contributed by atoms with van der Waals surface area (Å²) >= 11 is 3.95. The van der Waals surface area contributed by atoms with Gasteiger partial charge in [-0.3, -0.25) is 4.79 Å². The number of aromatic hydroxyl groups is 1. The van der Waals surface area contributed by atoms with Crippen LogP contribution in [0.4, 0.5) is 0 Å². The van der Waals surface area contributed by atoms with Gasteiger partial charge >= 0.3 is 5.97 Å². The molecule has 1 amide bonds. The van der Waals surface area contributed by atoms with Crippen molar-refractivity contribution < 1.29 is 19.8 Å². The maximum Gasteiger partial charge on any atom is 0.326 e. The minimum absolute atomic E-state index is 0.182. The van der Waals surface area contributed by atoms with Crippen molar-refractivity contribution in [2.45, 2.75) is 19.4 Å². The van der Waals surface area contributed by atoms with Gasteiger partial charge in [0.05, 0.1) is 7.14 Å². The first-order valence-electron chi connectivity index (χ1n) is 4.98. The van der Waals surface area contributed by atoms with Crippen LogP contribution in [0.5, 0.6) is 5.75 Å². The van der Waals surface area contributed by atoms with E-state index < -0.39 is 12.0 Å². The van der Waals surface area contributed by atoms with Crippen LogP contribution < -0.4 is 5.32 Å². The molecule has 1 aromatic rings. The summed E-state index contributed by atoms with van der Waals surface area (Å²) < 4.78 is 1.31. The van der Waals surface area contributed by atoms with Crippen molar-refractivity contribution in [2.75, 3.05) is 0 Å². The Hall–Kier alpha value is -0.580. The molecular weight excluding hydrogens is 464 g/mol. The van der Waals surface area contributed by atoms with Crippen LogP contribution in [0.2, 0.25) is 0 Å². The van der Waals surface area contributed by atoms with Crippen LogP contribution in [0, 0.1) is 7.14 Å². The summed E-state index contributed by atoms with van der Waals surface area (Å²) in [6, 6.07) is 2.45. The molecule has 0 saturated heterocycles. The van der Waals surface area contributed by atoms with Crippen molar-refractivity contribution in [1.82, 2.24) is 5.32 Å². The van der Waals surface area contributed by atoms with Crippen molar-refractivity contribution in [3.63, 3.8) is 0 Å². The number of hydrogen-bond donors (Lipinski definition) is 3. The number of carbonyl (C=O) groups is 2. The molecule has 0 bridgehead atoms. The number of benzene rings is 1. The molecule has 3 N–H and O–H groups in total. The van der Waals surface area contributed by atoms with E-state index in [0.717, 1.165) is 5.56 Å². The third-order valence-corrected chi connectivity index (χ3v) is 3.84. The second-order valence-corrected chi connectivity index (χ2v) is 6.03. The number of phenols is 1. The molecule has 1 atom stereocenters. The number of amides is 1. The first-order valence-corrected chi connectivity index (χ1v) is 7.13. The summed E-state index contributed by atoms with van der Waals surface area (Å²) in [5.41, 5.74) is 0.753. The number of carbonyl (C=O) groups excluding carboxylic acids is 1. The monoisotopic (exact) mass is 475 g/mol. The zero-order valence-corrected chi connectivity index (χ0v) is 13.7. The largest absolute Gasteiger partial charge is 0.506 e. The normalized spacial score (nSPS) is 11.9. The third kappa shape index (κ3) is 4.26. The Morgan fingerprint density at radius 3 is 2.22 bits per heavy atom. The maximum atomic E-state index is 11.0. The average molecular weight is 475 g/mol. The van der Waals surface area contributed by atoms with Crippen LogP contribution in [-0.2, 0) is 16.0 Å². The number of halogens is 2. The molecule has 0 aliphatic heterocycles. The third-order valence-electron chi connectivity index (χ3n) is 2.19. The van der Waals surface area contributed by atoms with E-state index in [1.165, 1.54) is 6.92 Å². The topological polar surface area (TPSA) is 86.6 Å². The molecule has 0 spiro atoms. The Labute approximate surface area is 131 Å². The molecule has 1 aromatic carbocycles. The standard InChI is InChI=1S/C11H11I2NO4/c1-5(15)14-9(11(17)18)4-6-2-7(12)10(16)8(13)3-6/h2-3,9,16H,4H2,1H3,(H,14,15)(H,17,18)/t9-/m1/s1. The van der Waals surface area contributed by atoms with E-state index in [2.05, 4.69) is 5.32 Å². The number of carboxylic acids is 1. The van der Waals surface area contributed by atoms with Gasteiger partial charge < -0.3 is 15.5 Å². The van der Waals surface area contributed by atoms with Gasteiger partial charge in [0, 0.05) is 13.3 Å². The molecule has 0 aliphatic carbocycles. The summed E-state index contributed by atoms with van der Waals surface area (Å²) in [5, 5.41) is 21.0. The summed E-state index contributed by atoms with van der Waals surface area (Å²) in [4.78, 5) is 21.9. The van der Waals surface area contributed by atoms with Gasteiger partial charge in [0.25, 0.3) is 0 Å². The van der Waals surface area contributed by atoms with Crippen LogP contribution in [0.1, 0.15) is 12.5 Å². The lowest BCUT2D eigenvalue weighted by Crippen LogP contribution is -2.41. The molecule has 0 saturated carbocycles. The lowest BCUT2D eigenvalue weighted by atomic mass is 10.1. The summed E-state index contributed by atoms with van der Waals surface area (Å²) in [5.74, 6) is -1.28. The number of hydrogen-bond acceptors (Lipinski definition) is 3. The van der Waals surface area contributed by atoms with Gasteiger partial charge in [-0.15, -0.1) is 0 Å². The van der Waals surface area contributed by atoms with Crippen molar-refractivity contribution in [2.24, 2.45) is 0 Å². The molecule has 0 heterocycles. The lowest BCUT2D eigenvalue weighted by molar-refractivity contribution is -0.141. The van der Waals surface area contributed by atoms with E-state index in [1.807, 2.05) is 45.2 Å². The molecule has 98 valence electrons. The van der Waals surface area contributed by atoms with E-state index in [4.69, 9.17) is 5.11 Å². The highest BCUT2D eigenvalue weighted by molar-refractivity contribution is 14.1. The Balaban J connectivity index is 2.94. The highest BCUT2D eigenvalue weighted by Gasteiger charge is 2.19. The van der Waals surface area contributed by atoms with Crippen molar-refractivity contribution in [3.05, 3.63) is 24.8 Å². The fourth-order valence-electron chi connectivity index (χ4n) is 1.42. The zero-order chi connectivity index (χ0) is 13.9. The molecule has 0 radical (unpaired) electrons. The smallest absolute Gasteiger partial charge is 0.326 e. The van der Waals surface area contributed by atoms with E-state index in [-0.39, 0.29) is 18.1 Å². The van der Waals surface area contributed by atoms with Gasteiger partial charge in [-0.1, -0.05) is 0 Å². The predicted octanol–water partition coefficient (Wildman–Crippen LogP) is 1.73. The first-order chi connectivity index (χ1) is 8.31. The molecule has 0 aromatic heterocycles. The molecule has 0 fully saturated rings. The highest BCUT2D eigenvalue weighted by atomic mass is 127. The second-order valence-electron chi connectivity index (χ2n) is 3.70. The molecule has 18 heavy (non-hydrogen) atoms. The van der Waals surface area contributed by atoms with E-state index >= 15 is 0 Å². The Morgan fingerprint density at radius 1 is 1.33 bits per heavy atom. The molecular formula is C11H11I2NO4. The van der Waals surface area contributed by atoms with E-state index in [1.54, 1.807) is 12.1 Å². The number of rotatable bonds is 4. The van der Waals surface area contributed by atoms with Crippen molar-refractivity contribution in [1.29, 1.82) is 0 Å². The molecule has 5 nitrogen and oxygen atoms in total. The van der Waals surface area contributed by atoms with Crippen LogP contribution in [-0.4, -0.2) is 28.1 Å². The fourth-order valence-corrected chi connectivity index (χ4v) is 3.31. The molecule has 7 heteroatoms. The Morgan fingerprint density at radius 2 is 1.83 bits per heavy atom. The van der Waals surface area contributed by atoms with Gasteiger partial charge in [0.2, 0.25) is 5.91 Å². The minimum Gasteiger partial charge on any atom is -0.506 e. The first kappa shape index (κ1) is 15.5. The van der Waals surface area contributed by atoms with Gasteiger partial charge in [-0.05, 0) is 62.9 Å². The van der Waals surface area contributed by atoms with Crippen LogP contribution >= 0.6 is 45.2 Å². The van der Waals surface area contributed by atoms with Crippen molar-refractivity contribution in [3.8, 4) is 5.75 Å². The van der Waals surface area contributed by atoms with Gasteiger partial charge in [0.15, 0.2) is 0 Å². The zero-order valence-electron chi connectivity index (χ0n) is 9.41. The number of carboxylic acid groups (broad SMARTS) is 1. The van der Waals surface area contributed by atoms with Crippen LogP contribution in [0.3, 0.4) is 0 Å². The predicted molar refractivity (Wildman–Crippen MR) is 82.5 cm³/mol. The Bertz CT molecular complexity index is 467. The molecule has 0 unspecified atom stereocenters. The summed E-state index contributed by atoms with van der Waals surface area (Å²) in [6.45, 7) is 1.28. The number of phenolic OH excluding ortho intramolecular Hbond substituents is 1. The van der Waals surface area contributed by atoms with Crippen LogP contribution in [0.15, 0.2) is 12.1 Å². The number of aliphatic carboxylic acids is 1. The SMILES string of the molecule is CC(=O)N[C@H](Cc1cc(I)c(O)c(I)c1)C(=O)O. The van der Waals surface area contributed by atoms with Crippen molar-refractivity contribution >= 4 is 57.1 Å². The highest BCUT2D eigenvalue weighted by Crippen LogP contribution is 2.27. The molecule has 0 aliphatic rings. The minimum atomic E-state index is -1.08. The summed E-state index contributed by atoms with van der Waals surface area (Å²) in [6.07, 6.45) is 0.182. The van der Waals surface area contributed by atoms with Crippen LogP contribution in [0.25, 0.3) is 0 Å². The lowest BCUT2D eigenvalue weighted by Gasteiger charge is -2.14. The quantitative estimate of drug-likeness (QED) is 0.580. The molecule has 1 rings (SSSR count). The van der Waals surface area contributed by atoms with E-state index in [9.17, 15) is 14.7 Å². The van der Waals surface area contributed by atoms with Gasteiger partial charge in [-0.2, -0.15) is 0 Å². The maximum absolute atomic E-state index is 11.0. The summed E-state index contributed by atoms with van der Waals surface area (Å²) in [7, 11) is 0.